The van der Waals surface area contributed by atoms with Crippen LogP contribution in [0.15, 0.2) is 66.9 Å². The smallest absolute Gasteiger partial charge is 0.127 e. The Bertz CT molecular complexity index is 979. The maximum atomic E-state index is 6.30. The van der Waals surface area contributed by atoms with Crippen LogP contribution in [-0.4, -0.2) is 27.8 Å². The van der Waals surface area contributed by atoms with Crippen molar-refractivity contribution in [2.75, 3.05) is 18.8 Å². The molecule has 0 saturated carbocycles. The Morgan fingerprint density at radius 2 is 1.79 bits per heavy atom. The van der Waals surface area contributed by atoms with Crippen molar-refractivity contribution < 1.29 is 4.74 Å². The summed E-state index contributed by atoms with van der Waals surface area (Å²) < 4.78 is 7.84. The van der Waals surface area contributed by atoms with Gasteiger partial charge in [0.2, 0.25) is 0 Å². The number of ether oxygens (including phenoxy) is 1. The number of likely N-dealkylation sites (tertiary alicyclic amines) is 1. The Kier molecular flexibility index (Phi) is 5.76. The van der Waals surface area contributed by atoms with E-state index in [0.29, 0.717) is 16.9 Å². The lowest BCUT2D eigenvalue weighted by Gasteiger charge is -2.32. The average Bonchev–Trinajstić information content (AvgIpc) is 3.12. The van der Waals surface area contributed by atoms with Gasteiger partial charge in [0.1, 0.15) is 17.3 Å². The molecule has 0 amide bonds. The third-order valence-electron chi connectivity index (χ3n) is 5.10. The Hall–Kier alpha value is -2.92. The Morgan fingerprint density at radius 1 is 1.10 bits per heavy atom. The van der Waals surface area contributed by atoms with E-state index in [1.54, 1.807) is 0 Å². The van der Waals surface area contributed by atoms with Crippen LogP contribution in [0.5, 0.6) is 11.5 Å². The molecular formula is C23H25ClN4O. The quantitative estimate of drug-likeness (QED) is 0.584. The van der Waals surface area contributed by atoms with Gasteiger partial charge in [-0.1, -0.05) is 17.7 Å². The maximum Gasteiger partial charge on any atom is 0.127 e. The lowest BCUT2D eigenvalue weighted by molar-refractivity contribution is 0.226. The van der Waals surface area contributed by atoms with E-state index in [4.69, 9.17) is 27.2 Å². The lowest BCUT2D eigenvalue weighted by atomic mass is 10.1. The number of hydrogen-bond acceptors (Lipinski definition) is 4. The van der Waals surface area contributed by atoms with E-state index < -0.39 is 0 Å². The van der Waals surface area contributed by atoms with E-state index in [0.717, 1.165) is 48.7 Å². The van der Waals surface area contributed by atoms with E-state index in [-0.39, 0.29) is 0 Å². The second kappa shape index (κ2) is 8.62. The third-order valence-corrected chi connectivity index (χ3v) is 5.35. The molecule has 2 heterocycles. The summed E-state index contributed by atoms with van der Waals surface area (Å²) >= 11 is 5.92. The summed E-state index contributed by atoms with van der Waals surface area (Å²) in [6.45, 7) is 4.07. The van der Waals surface area contributed by atoms with Crippen LogP contribution < -0.4 is 10.5 Å². The highest BCUT2D eigenvalue weighted by molar-refractivity contribution is 6.30. The molecule has 2 N–H and O–H groups in total. The normalized spacial score (nSPS) is 17.0. The van der Waals surface area contributed by atoms with E-state index in [9.17, 15) is 0 Å². The minimum atomic E-state index is 0.293. The van der Waals surface area contributed by atoms with Gasteiger partial charge in [-0.2, -0.15) is 5.10 Å². The van der Waals surface area contributed by atoms with Crippen LogP contribution in [0.1, 0.15) is 25.8 Å². The van der Waals surface area contributed by atoms with Crippen LogP contribution in [0.25, 0.3) is 11.3 Å². The summed E-state index contributed by atoms with van der Waals surface area (Å²) in [5.74, 6) is 2.21. The highest BCUT2D eigenvalue weighted by Crippen LogP contribution is 2.30. The first kappa shape index (κ1) is 19.4. The van der Waals surface area contributed by atoms with Gasteiger partial charge in [0.25, 0.3) is 0 Å². The van der Waals surface area contributed by atoms with E-state index in [1.807, 2.05) is 66.2 Å². The predicted octanol–water partition coefficient (Wildman–Crippen LogP) is 5.75. The zero-order valence-corrected chi connectivity index (χ0v) is 17.2. The predicted molar refractivity (Wildman–Crippen MR) is 118 cm³/mol. The molecule has 150 valence electrons. The maximum absolute atomic E-state index is 6.30. The van der Waals surface area contributed by atoms with Crippen molar-refractivity contribution in [2.24, 2.45) is 0 Å². The summed E-state index contributed by atoms with van der Waals surface area (Å²) in [6, 6.07) is 17.4. The molecule has 1 aromatic heterocycles. The molecular weight excluding hydrogens is 384 g/mol. The number of nitrogens with two attached hydrogens (primary N) is 1. The standard InChI is InChI=1S/C23H25ClN4O/c1-2-13-27-14-3-4-19(16-27)28-23(25)15-22(26-28)17-5-9-20(10-6-17)29-21-11-7-18(24)8-12-21/h2,5-13,15,19H,3-4,14,16,25H2,1H3/t19-/m1/s1. The summed E-state index contributed by atoms with van der Waals surface area (Å²) in [5, 5.41) is 5.49. The minimum absolute atomic E-state index is 0.293. The molecule has 3 aromatic rings. The molecule has 0 unspecified atom stereocenters. The van der Waals surface area contributed by atoms with Crippen molar-refractivity contribution in [2.45, 2.75) is 25.8 Å². The number of halogens is 1. The van der Waals surface area contributed by atoms with Crippen molar-refractivity contribution in [3.63, 3.8) is 0 Å². The van der Waals surface area contributed by atoms with Crippen LogP contribution in [0.4, 0.5) is 5.82 Å². The van der Waals surface area contributed by atoms with Gasteiger partial charge in [-0.25, -0.2) is 4.68 Å². The molecule has 29 heavy (non-hydrogen) atoms. The van der Waals surface area contributed by atoms with Gasteiger partial charge >= 0.3 is 0 Å². The first-order chi connectivity index (χ1) is 14.1. The zero-order valence-electron chi connectivity index (χ0n) is 16.5. The van der Waals surface area contributed by atoms with Crippen molar-refractivity contribution in [3.05, 3.63) is 71.9 Å². The molecule has 5 nitrogen and oxygen atoms in total. The monoisotopic (exact) mass is 408 g/mol. The summed E-state index contributed by atoms with van der Waals surface area (Å²) in [6.07, 6.45) is 6.45. The number of benzene rings is 2. The van der Waals surface area contributed by atoms with Gasteiger partial charge in [0, 0.05) is 29.7 Å². The first-order valence-electron chi connectivity index (χ1n) is 9.88. The van der Waals surface area contributed by atoms with Crippen molar-refractivity contribution in [1.82, 2.24) is 14.7 Å². The van der Waals surface area contributed by atoms with Gasteiger partial charge in [0.15, 0.2) is 0 Å². The number of hydrogen-bond donors (Lipinski definition) is 1. The van der Waals surface area contributed by atoms with Gasteiger partial charge in [-0.3, -0.25) is 0 Å². The third kappa shape index (κ3) is 4.57. The van der Waals surface area contributed by atoms with E-state index in [1.165, 1.54) is 0 Å². The highest BCUT2D eigenvalue weighted by atomic mass is 35.5. The molecule has 0 bridgehead atoms. The van der Waals surface area contributed by atoms with Crippen molar-refractivity contribution in [1.29, 1.82) is 0 Å². The Balaban J connectivity index is 1.49. The molecule has 4 rings (SSSR count). The van der Waals surface area contributed by atoms with Crippen LogP contribution in [0.2, 0.25) is 5.02 Å². The minimum Gasteiger partial charge on any atom is -0.457 e. The van der Waals surface area contributed by atoms with Gasteiger partial charge in [-0.15, -0.1) is 0 Å². The Labute approximate surface area is 176 Å². The topological polar surface area (TPSA) is 56.3 Å². The fraction of sp³-hybridized carbons (Fsp3) is 0.261. The second-order valence-corrected chi connectivity index (χ2v) is 7.69. The Morgan fingerprint density at radius 3 is 2.48 bits per heavy atom. The van der Waals surface area contributed by atoms with Crippen molar-refractivity contribution in [3.8, 4) is 22.8 Å². The van der Waals surface area contributed by atoms with Gasteiger partial charge in [0.05, 0.1) is 11.7 Å². The molecule has 1 saturated heterocycles. The fourth-order valence-electron chi connectivity index (χ4n) is 3.70. The molecule has 1 aliphatic rings. The van der Waals surface area contributed by atoms with Crippen LogP contribution >= 0.6 is 11.6 Å². The van der Waals surface area contributed by atoms with Crippen LogP contribution in [0.3, 0.4) is 0 Å². The molecule has 0 spiro atoms. The molecule has 0 radical (unpaired) electrons. The largest absolute Gasteiger partial charge is 0.457 e. The average molecular weight is 409 g/mol. The number of nitrogen functional groups attached to an aromatic ring is 1. The molecule has 0 aliphatic carbocycles. The highest BCUT2D eigenvalue weighted by Gasteiger charge is 2.22. The number of rotatable bonds is 5. The number of piperidine rings is 1. The van der Waals surface area contributed by atoms with E-state index in [2.05, 4.69) is 17.2 Å². The van der Waals surface area contributed by atoms with Gasteiger partial charge in [-0.05, 0) is 74.5 Å². The van der Waals surface area contributed by atoms with Crippen molar-refractivity contribution >= 4 is 17.4 Å². The molecule has 1 atom stereocenters. The molecule has 1 aliphatic heterocycles. The molecule has 6 heteroatoms. The second-order valence-electron chi connectivity index (χ2n) is 7.25. The first-order valence-corrected chi connectivity index (χ1v) is 10.3. The summed E-state index contributed by atoms with van der Waals surface area (Å²) in [5.41, 5.74) is 8.19. The number of nitrogens with zero attached hydrogens (tertiary/aromatic N) is 3. The van der Waals surface area contributed by atoms with Crippen LogP contribution in [0, 0.1) is 0 Å². The van der Waals surface area contributed by atoms with Gasteiger partial charge < -0.3 is 15.4 Å². The SMILES string of the molecule is CC=CN1CCC[C@@H](n2nc(-c3ccc(Oc4ccc(Cl)cc4)cc3)cc2N)C1. The summed E-state index contributed by atoms with van der Waals surface area (Å²) in [4.78, 5) is 2.33. The number of aromatic nitrogens is 2. The molecule has 1 fully saturated rings. The fourth-order valence-corrected chi connectivity index (χ4v) is 3.83. The zero-order chi connectivity index (χ0) is 20.2. The number of allylic oxidation sites excluding steroid dienone is 1. The van der Waals surface area contributed by atoms with Crippen LogP contribution in [-0.2, 0) is 0 Å². The summed E-state index contributed by atoms with van der Waals surface area (Å²) in [7, 11) is 0. The molecule has 2 aromatic carbocycles. The van der Waals surface area contributed by atoms with E-state index >= 15 is 0 Å². The lowest BCUT2D eigenvalue weighted by Crippen LogP contribution is -2.33. The number of anilines is 1.